The van der Waals surface area contributed by atoms with Gasteiger partial charge in [-0.2, -0.15) is 0 Å². The van der Waals surface area contributed by atoms with Crippen molar-refractivity contribution in [3.63, 3.8) is 0 Å². The van der Waals surface area contributed by atoms with Crippen LogP contribution in [0.25, 0.3) is 0 Å². The lowest BCUT2D eigenvalue weighted by atomic mass is 9.43. The van der Waals surface area contributed by atoms with Gasteiger partial charge >= 0.3 is 11.9 Å². The summed E-state index contributed by atoms with van der Waals surface area (Å²) < 4.78 is 10.6. The smallest absolute Gasteiger partial charge is 0.305 e. The second kappa shape index (κ2) is 9.51. The number of carbonyl (C=O) groups is 2. The van der Waals surface area contributed by atoms with E-state index in [9.17, 15) is 14.7 Å². The average Bonchev–Trinajstić information content (AvgIpc) is 3.15. The first kappa shape index (κ1) is 25.0. The van der Waals surface area contributed by atoms with E-state index in [1.165, 1.54) is 32.8 Å². The van der Waals surface area contributed by atoms with Crippen LogP contribution < -0.4 is 0 Å². The molecule has 0 amide bonds. The molecule has 10 atom stereocenters. The van der Waals surface area contributed by atoms with Crippen molar-refractivity contribution in [3.8, 4) is 0 Å². The maximum absolute atomic E-state index is 11.9. The molecule has 0 aliphatic heterocycles. The molecule has 0 aromatic heterocycles. The molecule has 5 heteroatoms. The van der Waals surface area contributed by atoms with Crippen LogP contribution >= 0.6 is 0 Å². The van der Waals surface area contributed by atoms with Gasteiger partial charge in [-0.1, -0.05) is 27.7 Å². The summed E-state index contributed by atoms with van der Waals surface area (Å²) in [6, 6.07) is 0. The van der Waals surface area contributed by atoms with Crippen molar-refractivity contribution in [1.82, 2.24) is 0 Å². The molecule has 1 N–H and O–H groups in total. The van der Waals surface area contributed by atoms with Crippen LogP contribution in [-0.4, -0.2) is 36.4 Å². The Bertz CT molecular complexity index is 736. The van der Waals surface area contributed by atoms with Gasteiger partial charge in [0.1, 0.15) is 6.10 Å². The Morgan fingerprint density at radius 3 is 2.39 bits per heavy atom. The van der Waals surface area contributed by atoms with Crippen molar-refractivity contribution in [2.24, 2.45) is 46.3 Å². The summed E-state index contributed by atoms with van der Waals surface area (Å²) in [5.41, 5.74) is 0.504. The third kappa shape index (κ3) is 4.36. The van der Waals surface area contributed by atoms with Crippen LogP contribution in [0.15, 0.2) is 0 Å². The zero-order valence-electron chi connectivity index (χ0n) is 21.5. The normalized spacial score (nSPS) is 45.3. The molecular weight excluding hydrogens is 416 g/mol. The van der Waals surface area contributed by atoms with Crippen LogP contribution in [0, 0.1) is 46.3 Å². The van der Waals surface area contributed by atoms with Crippen molar-refractivity contribution in [2.45, 2.75) is 111 Å². The Morgan fingerprint density at radius 2 is 1.70 bits per heavy atom. The quantitative estimate of drug-likeness (QED) is 0.526. The Balaban J connectivity index is 1.48. The zero-order valence-corrected chi connectivity index (χ0v) is 21.5. The lowest BCUT2D eigenvalue weighted by Gasteiger charge is -2.62. The summed E-state index contributed by atoms with van der Waals surface area (Å²) in [5.74, 6) is 2.90. The molecule has 33 heavy (non-hydrogen) atoms. The molecule has 188 valence electrons. The lowest BCUT2D eigenvalue weighted by Crippen LogP contribution is -2.58. The largest absolute Gasteiger partial charge is 0.469 e. The van der Waals surface area contributed by atoms with E-state index in [0.717, 1.165) is 32.1 Å². The lowest BCUT2D eigenvalue weighted by molar-refractivity contribution is -0.182. The molecule has 4 fully saturated rings. The van der Waals surface area contributed by atoms with E-state index in [0.29, 0.717) is 48.3 Å². The monoisotopic (exact) mass is 462 g/mol. The summed E-state index contributed by atoms with van der Waals surface area (Å²) in [6.07, 6.45) is 10.3. The molecule has 0 spiro atoms. The Kier molecular flexibility index (Phi) is 7.21. The number of rotatable bonds is 6. The van der Waals surface area contributed by atoms with Gasteiger partial charge in [0.25, 0.3) is 0 Å². The second-order valence-corrected chi connectivity index (χ2v) is 12.4. The van der Waals surface area contributed by atoms with Crippen LogP contribution in [0.3, 0.4) is 0 Å². The predicted octanol–water partition coefficient (Wildman–Crippen LogP) is 5.53. The fraction of sp³-hybridized carbons (Fsp3) is 0.929. The Hall–Kier alpha value is -1.10. The van der Waals surface area contributed by atoms with Crippen molar-refractivity contribution in [3.05, 3.63) is 0 Å². The second-order valence-electron chi connectivity index (χ2n) is 12.4. The highest BCUT2D eigenvalue weighted by molar-refractivity contribution is 5.69. The SMILES string of the molecule is CCC(=O)O[C@@H]1CC[C@@]2(C)C(C1)C[C@@H](O)C1C2CC[C@@]2(C)C1CCC2[C@H](C)CCC(=O)OC. The van der Waals surface area contributed by atoms with Crippen molar-refractivity contribution in [2.75, 3.05) is 7.11 Å². The minimum Gasteiger partial charge on any atom is -0.469 e. The molecule has 0 aromatic carbocycles. The summed E-state index contributed by atoms with van der Waals surface area (Å²) in [5, 5.41) is 11.5. The van der Waals surface area contributed by atoms with Crippen molar-refractivity contribution < 1.29 is 24.2 Å². The van der Waals surface area contributed by atoms with Crippen molar-refractivity contribution in [1.29, 1.82) is 0 Å². The predicted molar refractivity (Wildman–Crippen MR) is 127 cm³/mol. The van der Waals surface area contributed by atoms with Crippen LogP contribution in [0.1, 0.15) is 98.3 Å². The fourth-order valence-electron chi connectivity index (χ4n) is 9.18. The number of methoxy groups -OCH3 is 1. The number of aliphatic hydroxyl groups excluding tert-OH is 1. The Labute approximate surface area is 200 Å². The van der Waals surface area contributed by atoms with Crippen LogP contribution in [0.5, 0.6) is 0 Å². The topological polar surface area (TPSA) is 72.8 Å². The number of ether oxygens (including phenoxy) is 2. The van der Waals surface area contributed by atoms with Gasteiger partial charge in [-0.05, 0) is 104 Å². The summed E-state index contributed by atoms with van der Waals surface area (Å²) in [7, 11) is 1.47. The van der Waals surface area contributed by atoms with Gasteiger partial charge in [0.15, 0.2) is 0 Å². The molecule has 4 saturated carbocycles. The first-order chi connectivity index (χ1) is 15.6. The Morgan fingerprint density at radius 1 is 1.00 bits per heavy atom. The van der Waals surface area contributed by atoms with Crippen LogP contribution in [-0.2, 0) is 19.1 Å². The van der Waals surface area contributed by atoms with Gasteiger partial charge in [-0.3, -0.25) is 9.59 Å². The first-order valence-electron chi connectivity index (χ1n) is 13.6. The zero-order chi connectivity index (χ0) is 24.0. The van der Waals surface area contributed by atoms with E-state index in [-0.39, 0.29) is 35.0 Å². The third-order valence-corrected chi connectivity index (χ3v) is 11.0. The molecular formula is C28H46O5. The number of hydrogen-bond donors (Lipinski definition) is 1. The highest BCUT2D eigenvalue weighted by Gasteiger charge is 2.63. The van der Waals surface area contributed by atoms with Gasteiger partial charge in [-0.15, -0.1) is 0 Å². The minimum atomic E-state index is -0.248. The fourth-order valence-corrected chi connectivity index (χ4v) is 9.18. The molecule has 4 aliphatic rings. The number of fused-ring (bicyclic) bond motifs is 5. The molecule has 5 nitrogen and oxygen atoms in total. The minimum absolute atomic E-state index is 0.0275. The third-order valence-electron chi connectivity index (χ3n) is 11.0. The van der Waals surface area contributed by atoms with Gasteiger partial charge in [0, 0.05) is 12.8 Å². The number of aliphatic hydroxyl groups is 1. The summed E-state index contributed by atoms with van der Waals surface area (Å²) in [4.78, 5) is 23.6. The molecule has 4 aliphatic carbocycles. The van der Waals surface area contributed by atoms with Gasteiger partial charge in [-0.25, -0.2) is 0 Å². The molecule has 4 rings (SSSR count). The molecule has 0 aromatic rings. The molecule has 0 heterocycles. The highest BCUT2D eigenvalue weighted by Crippen LogP contribution is 2.68. The maximum Gasteiger partial charge on any atom is 0.305 e. The van der Waals surface area contributed by atoms with Gasteiger partial charge in [0.2, 0.25) is 0 Å². The van der Waals surface area contributed by atoms with Crippen LogP contribution in [0.2, 0.25) is 0 Å². The highest BCUT2D eigenvalue weighted by atomic mass is 16.5. The molecule has 0 bridgehead atoms. The van der Waals surface area contributed by atoms with Crippen LogP contribution in [0.4, 0.5) is 0 Å². The summed E-state index contributed by atoms with van der Waals surface area (Å²) in [6.45, 7) is 9.14. The van der Waals surface area contributed by atoms with E-state index < -0.39 is 0 Å². The summed E-state index contributed by atoms with van der Waals surface area (Å²) >= 11 is 0. The van der Waals surface area contributed by atoms with E-state index in [1.807, 2.05) is 6.92 Å². The first-order valence-corrected chi connectivity index (χ1v) is 13.6. The van der Waals surface area contributed by atoms with Gasteiger partial charge in [0.05, 0.1) is 13.2 Å². The van der Waals surface area contributed by atoms with Gasteiger partial charge < -0.3 is 14.6 Å². The number of carbonyl (C=O) groups excluding carboxylic acids is 2. The molecule has 5 unspecified atom stereocenters. The standard InChI is InChI=1S/C28H46O5/c1-6-24(30)33-19-11-13-27(3)18(15-19)16-23(29)26-21-9-8-20(17(2)7-10-25(31)32-5)28(21,4)14-12-22(26)27/h17-23,26,29H,6-16H2,1-5H3/t17-,18?,19-,20?,21?,22?,23-,26?,27+,28-/m1/s1. The van der Waals surface area contributed by atoms with E-state index >= 15 is 0 Å². The van der Waals surface area contributed by atoms with Crippen molar-refractivity contribution >= 4 is 11.9 Å². The molecule has 0 radical (unpaired) electrons. The number of hydrogen-bond acceptors (Lipinski definition) is 5. The molecule has 0 saturated heterocycles. The van der Waals surface area contributed by atoms with E-state index in [1.54, 1.807) is 0 Å². The average molecular weight is 463 g/mol. The number of esters is 2. The van der Waals surface area contributed by atoms with E-state index in [2.05, 4.69) is 20.8 Å². The maximum atomic E-state index is 11.9. The van der Waals surface area contributed by atoms with E-state index in [4.69, 9.17) is 9.47 Å².